The van der Waals surface area contributed by atoms with Crippen LogP contribution in [0.15, 0.2) is 78.0 Å². The molecule has 1 N–H and O–H groups in total. The summed E-state index contributed by atoms with van der Waals surface area (Å²) >= 11 is 0. The number of ether oxygens (including phenoxy) is 1. The minimum atomic E-state index is -0.182. The zero-order chi connectivity index (χ0) is 23.3. The molecule has 5 rings (SSSR count). The Balaban J connectivity index is 1.29. The maximum atomic E-state index is 12.7. The van der Waals surface area contributed by atoms with Crippen molar-refractivity contribution in [3.63, 3.8) is 0 Å². The molecule has 0 bridgehead atoms. The Kier molecular flexibility index (Phi) is 6.35. The van der Waals surface area contributed by atoms with Crippen molar-refractivity contribution < 1.29 is 14.3 Å². The van der Waals surface area contributed by atoms with Crippen molar-refractivity contribution in [2.24, 2.45) is 5.10 Å². The van der Waals surface area contributed by atoms with Gasteiger partial charge in [-0.25, -0.2) is 5.43 Å². The summed E-state index contributed by atoms with van der Waals surface area (Å²) in [6.07, 6.45) is 3.79. The lowest BCUT2D eigenvalue weighted by molar-refractivity contribution is -0.135. The Morgan fingerprint density at radius 1 is 0.941 bits per heavy atom. The Labute approximate surface area is 197 Å². The van der Waals surface area contributed by atoms with Gasteiger partial charge in [-0.15, -0.1) is 0 Å². The number of fused-ring (bicyclic) bond motifs is 2. The lowest BCUT2D eigenvalue weighted by Crippen LogP contribution is -2.42. The summed E-state index contributed by atoms with van der Waals surface area (Å²) in [7, 11) is 0. The summed E-state index contributed by atoms with van der Waals surface area (Å²) in [5, 5.41) is 7.35. The number of morpholine rings is 1. The number of hydrazone groups is 1. The first kappa shape index (κ1) is 21.9. The van der Waals surface area contributed by atoms with Crippen molar-refractivity contribution in [3.8, 4) is 0 Å². The van der Waals surface area contributed by atoms with E-state index in [2.05, 4.69) is 10.5 Å². The molecule has 34 heavy (non-hydrogen) atoms. The van der Waals surface area contributed by atoms with Gasteiger partial charge in [-0.05, 0) is 22.4 Å². The predicted molar refractivity (Wildman–Crippen MR) is 133 cm³/mol. The third-order valence-electron chi connectivity index (χ3n) is 6.11. The molecule has 2 heterocycles. The number of amides is 2. The van der Waals surface area contributed by atoms with E-state index in [0.29, 0.717) is 26.3 Å². The van der Waals surface area contributed by atoms with Crippen LogP contribution >= 0.6 is 0 Å². The van der Waals surface area contributed by atoms with Gasteiger partial charge in [-0.3, -0.25) is 9.59 Å². The van der Waals surface area contributed by atoms with E-state index in [1.165, 1.54) is 0 Å². The van der Waals surface area contributed by atoms with Crippen LogP contribution in [0.1, 0.15) is 11.1 Å². The van der Waals surface area contributed by atoms with Gasteiger partial charge in [-0.2, -0.15) is 5.10 Å². The van der Waals surface area contributed by atoms with Gasteiger partial charge in [0.05, 0.1) is 25.8 Å². The van der Waals surface area contributed by atoms with Gasteiger partial charge in [-0.1, -0.05) is 60.7 Å². The first-order valence-corrected chi connectivity index (χ1v) is 11.4. The highest BCUT2D eigenvalue weighted by molar-refractivity contribution is 6.00. The molecule has 0 saturated carbocycles. The molecule has 1 aliphatic heterocycles. The van der Waals surface area contributed by atoms with Gasteiger partial charge < -0.3 is 14.2 Å². The van der Waals surface area contributed by atoms with Crippen molar-refractivity contribution in [1.29, 1.82) is 0 Å². The molecule has 0 atom stereocenters. The number of para-hydroxylation sites is 1. The molecule has 1 fully saturated rings. The summed E-state index contributed by atoms with van der Waals surface area (Å²) in [5.74, 6) is -0.116. The first-order valence-electron chi connectivity index (χ1n) is 11.4. The van der Waals surface area contributed by atoms with E-state index >= 15 is 0 Å². The zero-order valence-electron chi connectivity index (χ0n) is 18.8. The molecule has 0 spiro atoms. The van der Waals surface area contributed by atoms with Gasteiger partial charge in [0.25, 0.3) is 0 Å². The molecule has 172 valence electrons. The van der Waals surface area contributed by atoms with Crippen molar-refractivity contribution in [3.05, 3.63) is 84.1 Å². The lowest BCUT2D eigenvalue weighted by Gasteiger charge is -2.27. The Bertz CT molecular complexity index is 1360. The van der Waals surface area contributed by atoms with Crippen molar-refractivity contribution >= 4 is 39.7 Å². The number of rotatable bonds is 6. The molecular formula is C27H26N4O3. The van der Waals surface area contributed by atoms with Gasteiger partial charge in [0.2, 0.25) is 11.8 Å². The molecule has 1 aliphatic rings. The smallest absolute Gasteiger partial charge is 0.244 e. The minimum Gasteiger partial charge on any atom is -0.378 e. The molecule has 7 nitrogen and oxygen atoms in total. The van der Waals surface area contributed by atoms with Crippen LogP contribution in [0, 0.1) is 0 Å². The van der Waals surface area contributed by atoms with Gasteiger partial charge in [0.15, 0.2) is 0 Å². The number of nitrogens with zero attached hydrogens (tertiary/aromatic N) is 3. The number of hydrogen-bond acceptors (Lipinski definition) is 4. The lowest BCUT2D eigenvalue weighted by atomic mass is 10.0. The molecule has 4 aromatic rings. The average Bonchev–Trinajstić information content (AvgIpc) is 3.22. The largest absolute Gasteiger partial charge is 0.378 e. The number of hydrogen-bond donors (Lipinski definition) is 1. The van der Waals surface area contributed by atoms with Gasteiger partial charge in [0, 0.05) is 35.8 Å². The van der Waals surface area contributed by atoms with Crippen LogP contribution in [0.5, 0.6) is 0 Å². The first-order chi connectivity index (χ1) is 16.7. The van der Waals surface area contributed by atoms with E-state index in [9.17, 15) is 9.59 Å². The fourth-order valence-electron chi connectivity index (χ4n) is 4.40. The summed E-state index contributed by atoms with van der Waals surface area (Å²) in [4.78, 5) is 27.1. The summed E-state index contributed by atoms with van der Waals surface area (Å²) in [6.45, 7) is 2.65. The molecule has 3 aromatic carbocycles. The third-order valence-corrected chi connectivity index (χ3v) is 6.11. The second kappa shape index (κ2) is 9.89. The maximum Gasteiger partial charge on any atom is 0.244 e. The van der Waals surface area contributed by atoms with Crippen LogP contribution in [0.3, 0.4) is 0 Å². The van der Waals surface area contributed by atoms with Crippen LogP contribution in [-0.4, -0.2) is 53.8 Å². The van der Waals surface area contributed by atoms with Crippen LogP contribution in [0.25, 0.3) is 21.7 Å². The van der Waals surface area contributed by atoms with E-state index < -0.39 is 0 Å². The second-order valence-electron chi connectivity index (χ2n) is 8.33. The predicted octanol–water partition coefficient (Wildman–Crippen LogP) is 3.35. The van der Waals surface area contributed by atoms with E-state index in [4.69, 9.17) is 4.74 Å². The Hall–Kier alpha value is -3.97. The number of carbonyl (C=O) groups excluding carboxylic acids is 2. The van der Waals surface area contributed by atoms with Gasteiger partial charge >= 0.3 is 0 Å². The van der Waals surface area contributed by atoms with Crippen LogP contribution in [0.2, 0.25) is 0 Å². The summed E-state index contributed by atoms with van der Waals surface area (Å²) in [5.41, 5.74) is 5.40. The van der Waals surface area contributed by atoms with Crippen molar-refractivity contribution in [2.75, 3.05) is 26.3 Å². The van der Waals surface area contributed by atoms with Crippen LogP contribution < -0.4 is 5.43 Å². The highest BCUT2D eigenvalue weighted by atomic mass is 16.5. The van der Waals surface area contributed by atoms with Crippen LogP contribution in [-0.2, 0) is 27.3 Å². The number of aromatic nitrogens is 1. The highest BCUT2D eigenvalue weighted by Crippen LogP contribution is 2.21. The molecule has 2 amide bonds. The standard InChI is InChI=1S/C27H26N4O3/c32-26(16-21-8-5-7-20-6-1-2-9-23(20)21)29-28-17-22-18-31(25-11-4-3-10-24(22)25)19-27(33)30-12-14-34-15-13-30/h1-11,17-18H,12-16,19H2,(H,29,32)/b28-17-. The highest BCUT2D eigenvalue weighted by Gasteiger charge is 2.18. The number of carbonyl (C=O) groups is 2. The fourth-order valence-corrected chi connectivity index (χ4v) is 4.40. The SMILES string of the molecule is O=C(Cc1cccc2ccccc12)N/N=C\c1cn(CC(=O)N2CCOCC2)c2ccccc12. The topological polar surface area (TPSA) is 75.9 Å². The zero-order valence-corrected chi connectivity index (χ0v) is 18.8. The maximum absolute atomic E-state index is 12.7. The molecule has 1 aromatic heterocycles. The van der Waals surface area contributed by atoms with Crippen molar-refractivity contribution in [2.45, 2.75) is 13.0 Å². The molecule has 7 heteroatoms. The van der Waals surface area contributed by atoms with Crippen LogP contribution in [0.4, 0.5) is 0 Å². The monoisotopic (exact) mass is 454 g/mol. The van der Waals surface area contributed by atoms with E-state index in [1.54, 1.807) is 6.21 Å². The Morgan fingerprint density at radius 2 is 1.68 bits per heavy atom. The molecule has 1 saturated heterocycles. The summed E-state index contributed by atoms with van der Waals surface area (Å²) in [6, 6.07) is 21.9. The van der Waals surface area contributed by atoms with E-state index in [0.717, 1.165) is 32.8 Å². The third kappa shape index (κ3) is 4.70. The summed E-state index contributed by atoms with van der Waals surface area (Å²) < 4.78 is 7.28. The van der Waals surface area contributed by atoms with Gasteiger partial charge in [0.1, 0.15) is 6.54 Å². The van der Waals surface area contributed by atoms with E-state index in [1.807, 2.05) is 82.4 Å². The normalized spacial score (nSPS) is 14.2. The fraction of sp³-hybridized carbons (Fsp3) is 0.222. The average molecular weight is 455 g/mol. The Morgan fingerprint density at radius 3 is 2.53 bits per heavy atom. The second-order valence-corrected chi connectivity index (χ2v) is 8.33. The van der Waals surface area contributed by atoms with E-state index in [-0.39, 0.29) is 24.8 Å². The number of nitrogens with one attached hydrogen (secondary N) is 1. The van der Waals surface area contributed by atoms with Crippen molar-refractivity contribution in [1.82, 2.24) is 14.9 Å². The molecule has 0 radical (unpaired) electrons. The number of benzene rings is 3. The minimum absolute atomic E-state index is 0.0657. The molecular weight excluding hydrogens is 428 g/mol. The molecule has 0 aliphatic carbocycles. The molecule has 0 unspecified atom stereocenters. The quantitative estimate of drug-likeness (QED) is 0.359.